The van der Waals surface area contributed by atoms with E-state index in [1.807, 2.05) is 0 Å². The second-order valence-corrected chi connectivity index (χ2v) is 6.82. The summed E-state index contributed by atoms with van der Waals surface area (Å²) >= 11 is 0. The summed E-state index contributed by atoms with van der Waals surface area (Å²) in [6.07, 6.45) is 4.24. The van der Waals surface area contributed by atoms with Crippen LogP contribution in [0.2, 0.25) is 0 Å². The van der Waals surface area contributed by atoms with Gasteiger partial charge in [0.15, 0.2) is 0 Å². The van der Waals surface area contributed by atoms with E-state index in [-0.39, 0.29) is 0 Å². The Balaban J connectivity index is 1.78. The first-order chi connectivity index (χ1) is 7.55. The average molecular weight is 224 g/mol. The number of likely N-dealkylation sites (tertiary alicyclic amines) is 1. The van der Waals surface area contributed by atoms with Gasteiger partial charge < -0.3 is 10.2 Å². The van der Waals surface area contributed by atoms with E-state index < -0.39 is 0 Å². The van der Waals surface area contributed by atoms with Crippen molar-refractivity contribution in [2.75, 3.05) is 32.7 Å². The molecular formula is C14H28N2. The number of nitrogens with one attached hydrogen (secondary N) is 1. The maximum Gasteiger partial charge on any atom is 0.00340 e. The third kappa shape index (κ3) is 3.21. The minimum absolute atomic E-state index is 0.508. The molecule has 0 aromatic rings. The summed E-state index contributed by atoms with van der Waals surface area (Å²) in [6.45, 7) is 13.7. The molecule has 2 saturated heterocycles. The van der Waals surface area contributed by atoms with Gasteiger partial charge >= 0.3 is 0 Å². The third-order valence-corrected chi connectivity index (χ3v) is 4.43. The van der Waals surface area contributed by atoms with E-state index in [1.165, 1.54) is 52.0 Å². The Hall–Kier alpha value is -0.0800. The fraction of sp³-hybridized carbons (Fsp3) is 1.00. The lowest BCUT2D eigenvalue weighted by Crippen LogP contribution is -2.48. The Kier molecular flexibility index (Phi) is 3.91. The molecule has 1 N–H and O–H groups in total. The van der Waals surface area contributed by atoms with Crippen molar-refractivity contribution in [1.82, 2.24) is 10.2 Å². The molecule has 0 saturated carbocycles. The molecule has 0 bridgehead atoms. The Bertz CT molecular complexity index is 215. The molecule has 2 fully saturated rings. The van der Waals surface area contributed by atoms with Crippen molar-refractivity contribution >= 4 is 0 Å². The lowest BCUT2D eigenvalue weighted by molar-refractivity contribution is 0.182. The Labute approximate surface area is 101 Å². The molecule has 2 aliphatic heterocycles. The second-order valence-electron chi connectivity index (χ2n) is 6.82. The summed E-state index contributed by atoms with van der Waals surface area (Å²) in [7, 11) is 0. The van der Waals surface area contributed by atoms with Crippen LogP contribution >= 0.6 is 0 Å². The van der Waals surface area contributed by atoms with E-state index in [1.54, 1.807) is 0 Å². The van der Waals surface area contributed by atoms with Crippen molar-refractivity contribution in [2.45, 2.75) is 40.0 Å². The fourth-order valence-electron chi connectivity index (χ4n) is 3.05. The molecule has 1 unspecified atom stereocenters. The van der Waals surface area contributed by atoms with Crippen LogP contribution in [-0.2, 0) is 0 Å². The van der Waals surface area contributed by atoms with Crippen LogP contribution in [0.3, 0.4) is 0 Å². The Morgan fingerprint density at radius 3 is 2.44 bits per heavy atom. The highest BCUT2D eigenvalue weighted by atomic mass is 15.1. The monoisotopic (exact) mass is 224 g/mol. The molecule has 16 heavy (non-hydrogen) atoms. The molecule has 0 aliphatic carbocycles. The molecule has 1 atom stereocenters. The fourth-order valence-corrected chi connectivity index (χ4v) is 3.05. The van der Waals surface area contributed by atoms with Crippen molar-refractivity contribution in [2.24, 2.45) is 17.3 Å². The normalized spacial score (nSPS) is 29.8. The number of hydrogen-bond acceptors (Lipinski definition) is 2. The number of nitrogens with zero attached hydrogens (tertiary/aromatic N) is 1. The molecule has 0 amide bonds. The highest BCUT2D eigenvalue weighted by Crippen LogP contribution is 2.34. The Morgan fingerprint density at radius 1 is 1.12 bits per heavy atom. The Morgan fingerprint density at radius 2 is 1.88 bits per heavy atom. The quantitative estimate of drug-likeness (QED) is 0.774. The van der Waals surface area contributed by atoms with Crippen LogP contribution in [0, 0.1) is 17.3 Å². The summed E-state index contributed by atoms with van der Waals surface area (Å²) in [5.74, 6) is 1.86. The van der Waals surface area contributed by atoms with Crippen molar-refractivity contribution in [1.29, 1.82) is 0 Å². The van der Waals surface area contributed by atoms with Crippen LogP contribution in [0.4, 0.5) is 0 Å². The number of rotatable bonds is 2. The predicted octanol–water partition coefficient (Wildman–Crippen LogP) is 2.35. The smallest absolute Gasteiger partial charge is 0.00340 e. The van der Waals surface area contributed by atoms with Gasteiger partial charge in [-0.1, -0.05) is 20.8 Å². The molecule has 0 aromatic heterocycles. The van der Waals surface area contributed by atoms with Crippen LogP contribution in [0.1, 0.15) is 40.0 Å². The van der Waals surface area contributed by atoms with Gasteiger partial charge in [-0.3, -0.25) is 0 Å². The van der Waals surface area contributed by atoms with E-state index in [9.17, 15) is 0 Å². The molecule has 94 valence electrons. The second kappa shape index (κ2) is 5.05. The standard InChI is InChI=1S/C14H28N2/c1-14(2,3)13-5-4-7-16(8-6-13)11-12-9-15-10-12/h12-13,15H,4-11H2,1-3H3. The lowest BCUT2D eigenvalue weighted by Gasteiger charge is -2.33. The zero-order valence-electron chi connectivity index (χ0n) is 11.3. The van der Waals surface area contributed by atoms with Gasteiger partial charge in [0.2, 0.25) is 0 Å². The SMILES string of the molecule is CC(C)(C)C1CCCN(CC2CNC2)CC1. The summed E-state index contributed by atoms with van der Waals surface area (Å²) in [5, 5.41) is 3.37. The van der Waals surface area contributed by atoms with E-state index in [2.05, 4.69) is 31.0 Å². The van der Waals surface area contributed by atoms with Gasteiger partial charge in [0.25, 0.3) is 0 Å². The zero-order valence-corrected chi connectivity index (χ0v) is 11.3. The molecular weight excluding hydrogens is 196 g/mol. The van der Waals surface area contributed by atoms with Crippen molar-refractivity contribution < 1.29 is 0 Å². The highest BCUT2D eigenvalue weighted by molar-refractivity contribution is 4.82. The molecule has 2 aliphatic rings. The van der Waals surface area contributed by atoms with E-state index >= 15 is 0 Å². The summed E-state index contributed by atoms with van der Waals surface area (Å²) in [6, 6.07) is 0. The lowest BCUT2D eigenvalue weighted by atomic mass is 9.77. The molecule has 0 radical (unpaired) electrons. The van der Waals surface area contributed by atoms with E-state index in [0.717, 1.165) is 11.8 Å². The van der Waals surface area contributed by atoms with Crippen LogP contribution in [0.15, 0.2) is 0 Å². The molecule has 2 nitrogen and oxygen atoms in total. The maximum absolute atomic E-state index is 3.37. The van der Waals surface area contributed by atoms with Crippen molar-refractivity contribution in [3.63, 3.8) is 0 Å². The summed E-state index contributed by atoms with van der Waals surface area (Å²) in [4.78, 5) is 2.71. The summed E-state index contributed by atoms with van der Waals surface area (Å²) in [5.41, 5.74) is 0.508. The topological polar surface area (TPSA) is 15.3 Å². The molecule has 2 heterocycles. The zero-order chi connectivity index (χ0) is 11.6. The first-order valence-corrected chi connectivity index (χ1v) is 6.99. The molecule has 2 rings (SSSR count). The minimum Gasteiger partial charge on any atom is -0.316 e. The predicted molar refractivity (Wildman–Crippen MR) is 69.6 cm³/mol. The van der Waals surface area contributed by atoms with Crippen LogP contribution < -0.4 is 5.32 Å². The third-order valence-electron chi connectivity index (χ3n) is 4.43. The molecule has 2 heteroatoms. The average Bonchev–Trinajstić information content (AvgIpc) is 2.35. The first kappa shape index (κ1) is 12.4. The van der Waals surface area contributed by atoms with Gasteiger partial charge in [0.05, 0.1) is 0 Å². The largest absolute Gasteiger partial charge is 0.316 e. The summed E-state index contributed by atoms with van der Waals surface area (Å²) < 4.78 is 0. The van der Waals surface area contributed by atoms with E-state index in [0.29, 0.717) is 5.41 Å². The van der Waals surface area contributed by atoms with Crippen LogP contribution in [0.25, 0.3) is 0 Å². The maximum atomic E-state index is 3.37. The van der Waals surface area contributed by atoms with Crippen LogP contribution in [0.5, 0.6) is 0 Å². The van der Waals surface area contributed by atoms with Gasteiger partial charge in [-0.15, -0.1) is 0 Å². The molecule has 0 aromatic carbocycles. The minimum atomic E-state index is 0.508. The van der Waals surface area contributed by atoms with Crippen LogP contribution in [-0.4, -0.2) is 37.6 Å². The van der Waals surface area contributed by atoms with Crippen molar-refractivity contribution in [3.05, 3.63) is 0 Å². The van der Waals surface area contributed by atoms with Gasteiger partial charge in [-0.25, -0.2) is 0 Å². The van der Waals surface area contributed by atoms with Gasteiger partial charge in [-0.2, -0.15) is 0 Å². The van der Waals surface area contributed by atoms with Gasteiger partial charge in [0, 0.05) is 19.6 Å². The highest BCUT2D eigenvalue weighted by Gasteiger charge is 2.28. The number of hydrogen-bond donors (Lipinski definition) is 1. The van der Waals surface area contributed by atoms with Gasteiger partial charge in [0.1, 0.15) is 0 Å². The molecule has 0 spiro atoms. The van der Waals surface area contributed by atoms with Gasteiger partial charge in [-0.05, 0) is 49.6 Å². The van der Waals surface area contributed by atoms with E-state index in [4.69, 9.17) is 0 Å². The first-order valence-electron chi connectivity index (χ1n) is 6.99. The van der Waals surface area contributed by atoms with Crippen molar-refractivity contribution in [3.8, 4) is 0 Å².